The van der Waals surface area contributed by atoms with Crippen molar-refractivity contribution in [2.24, 2.45) is 0 Å². The van der Waals surface area contributed by atoms with Crippen LogP contribution in [0.25, 0.3) is 0 Å². The smallest absolute Gasteiger partial charge is 0.323 e. The van der Waals surface area contributed by atoms with Crippen molar-refractivity contribution in [3.8, 4) is 0 Å². The molecule has 3 rings (SSSR count). The van der Waals surface area contributed by atoms with Gasteiger partial charge in [-0.05, 0) is 78.4 Å². The van der Waals surface area contributed by atoms with Gasteiger partial charge in [-0.1, -0.05) is 0 Å². The maximum atomic E-state index is 13.4. The topological polar surface area (TPSA) is 99.3 Å². The maximum absolute atomic E-state index is 13.4. The monoisotopic (exact) mass is 464 g/mol. The molecule has 0 aromatic rings. The van der Waals surface area contributed by atoms with E-state index in [0.29, 0.717) is 19.5 Å². The third kappa shape index (κ3) is 6.76. The fraction of sp³-hybridized carbons (Fsp3) is 0.833. The first-order valence-electron chi connectivity index (χ1n) is 12.6. The molecule has 3 saturated heterocycles. The van der Waals surface area contributed by atoms with Gasteiger partial charge in [0.2, 0.25) is 11.8 Å². The second kappa shape index (κ2) is 12.5. The minimum atomic E-state index is -0.420. The molecular formula is C24H40N4O5. The Labute approximate surface area is 197 Å². The van der Waals surface area contributed by atoms with E-state index in [0.717, 1.165) is 64.3 Å². The van der Waals surface area contributed by atoms with Crippen molar-refractivity contribution >= 4 is 24.1 Å². The highest BCUT2D eigenvalue weighted by Gasteiger charge is 2.39. The van der Waals surface area contributed by atoms with E-state index in [1.807, 2.05) is 23.8 Å². The Morgan fingerprint density at radius 2 is 1.73 bits per heavy atom. The predicted octanol–water partition coefficient (Wildman–Crippen LogP) is 0.953. The van der Waals surface area contributed by atoms with Crippen molar-refractivity contribution < 1.29 is 23.9 Å². The van der Waals surface area contributed by atoms with Crippen molar-refractivity contribution in [1.29, 1.82) is 0 Å². The lowest BCUT2D eigenvalue weighted by molar-refractivity contribution is -0.151. The summed E-state index contributed by atoms with van der Waals surface area (Å²) in [6.45, 7) is 4.75. The van der Waals surface area contributed by atoms with Crippen LogP contribution in [0.2, 0.25) is 0 Å². The molecule has 186 valence electrons. The van der Waals surface area contributed by atoms with Gasteiger partial charge in [-0.15, -0.1) is 0 Å². The molecule has 0 spiro atoms. The van der Waals surface area contributed by atoms with E-state index in [1.165, 1.54) is 0 Å². The summed E-state index contributed by atoms with van der Waals surface area (Å²) in [5, 5.41) is 3.18. The lowest BCUT2D eigenvalue weighted by atomic mass is 9.97. The van der Waals surface area contributed by atoms with Crippen LogP contribution in [-0.4, -0.2) is 103 Å². The Morgan fingerprint density at radius 1 is 1.00 bits per heavy atom. The number of likely N-dealkylation sites (N-methyl/N-ethyl adjacent to an activating group) is 1. The van der Waals surface area contributed by atoms with Gasteiger partial charge < -0.3 is 24.6 Å². The molecule has 0 bridgehead atoms. The van der Waals surface area contributed by atoms with Crippen LogP contribution >= 0.6 is 0 Å². The molecular weight excluding hydrogens is 424 g/mol. The normalized spacial score (nSPS) is 26.9. The van der Waals surface area contributed by atoms with Crippen molar-refractivity contribution in [3.63, 3.8) is 0 Å². The van der Waals surface area contributed by atoms with Crippen molar-refractivity contribution in [3.05, 3.63) is 0 Å². The number of aldehydes is 1. The molecule has 9 nitrogen and oxygen atoms in total. The summed E-state index contributed by atoms with van der Waals surface area (Å²) in [5.74, 6) is -0.336. The molecule has 0 aromatic carbocycles. The minimum absolute atomic E-state index is 0.0403. The van der Waals surface area contributed by atoms with Gasteiger partial charge in [-0.3, -0.25) is 19.3 Å². The number of nitrogens with zero attached hydrogens (tertiary/aromatic N) is 3. The largest absolute Gasteiger partial charge is 0.464 e. The number of nitrogens with one attached hydrogen (secondary N) is 1. The molecule has 33 heavy (non-hydrogen) atoms. The third-order valence-electron chi connectivity index (χ3n) is 7.27. The van der Waals surface area contributed by atoms with Gasteiger partial charge in [-0.2, -0.15) is 0 Å². The van der Waals surface area contributed by atoms with Crippen LogP contribution in [0.3, 0.4) is 0 Å². The van der Waals surface area contributed by atoms with E-state index in [4.69, 9.17) is 4.74 Å². The second-order valence-electron chi connectivity index (χ2n) is 9.65. The quantitative estimate of drug-likeness (QED) is 0.380. The number of hydrogen-bond donors (Lipinski definition) is 1. The van der Waals surface area contributed by atoms with Crippen LogP contribution in [0.15, 0.2) is 0 Å². The summed E-state index contributed by atoms with van der Waals surface area (Å²) in [5.41, 5.74) is 0. The summed E-state index contributed by atoms with van der Waals surface area (Å²) in [6.07, 6.45) is 8.10. The first-order chi connectivity index (χ1) is 15.9. The first kappa shape index (κ1) is 25.6. The lowest BCUT2D eigenvalue weighted by Gasteiger charge is -2.39. The Kier molecular flexibility index (Phi) is 9.67. The van der Waals surface area contributed by atoms with Crippen molar-refractivity contribution in [2.75, 3.05) is 39.8 Å². The molecule has 3 aliphatic heterocycles. The third-order valence-corrected chi connectivity index (χ3v) is 7.27. The minimum Gasteiger partial charge on any atom is -0.464 e. The van der Waals surface area contributed by atoms with E-state index in [9.17, 15) is 19.2 Å². The molecule has 3 aliphatic rings. The number of piperidine rings is 1. The molecule has 4 atom stereocenters. The van der Waals surface area contributed by atoms with Crippen LogP contribution in [0.4, 0.5) is 0 Å². The molecule has 9 heteroatoms. The summed E-state index contributed by atoms with van der Waals surface area (Å²) in [4.78, 5) is 55.0. The Balaban J connectivity index is 1.49. The maximum Gasteiger partial charge on any atom is 0.323 e. The average molecular weight is 465 g/mol. The van der Waals surface area contributed by atoms with E-state index >= 15 is 0 Å². The Bertz CT molecular complexity index is 702. The summed E-state index contributed by atoms with van der Waals surface area (Å²) in [7, 11) is 1.91. The highest BCUT2D eigenvalue weighted by Crippen LogP contribution is 2.26. The number of carbonyl (C=O) groups excluding carboxylic acids is 4. The number of ether oxygens (including phenoxy) is 1. The van der Waals surface area contributed by atoms with Crippen LogP contribution in [0.1, 0.15) is 64.7 Å². The highest BCUT2D eigenvalue weighted by molar-refractivity contribution is 5.88. The summed E-state index contributed by atoms with van der Waals surface area (Å²) >= 11 is 0. The van der Waals surface area contributed by atoms with Gasteiger partial charge in [0, 0.05) is 19.1 Å². The van der Waals surface area contributed by atoms with Crippen LogP contribution in [0, 0.1) is 0 Å². The highest BCUT2D eigenvalue weighted by atomic mass is 16.5. The molecule has 2 amide bonds. The SMILES string of the molecule is CC(C=O)NCCC1CCCCN1C(=O)C1CCCN1C(=O)CCOC(=O)C1CCCN1C. The molecule has 0 radical (unpaired) electrons. The summed E-state index contributed by atoms with van der Waals surface area (Å²) in [6, 6.07) is -0.679. The molecule has 0 aliphatic carbocycles. The van der Waals surface area contributed by atoms with Crippen LogP contribution in [0.5, 0.6) is 0 Å². The van der Waals surface area contributed by atoms with Crippen molar-refractivity contribution in [1.82, 2.24) is 20.0 Å². The first-order valence-corrected chi connectivity index (χ1v) is 12.6. The molecule has 3 fully saturated rings. The zero-order valence-electron chi connectivity index (χ0n) is 20.2. The molecule has 1 N–H and O–H groups in total. The van der Waals surface area contributed by atoms with Crippen LogP contribution in [-0.2, 0) is 23.9 Å². The van der Waals surface area contributed by atoms with E-state index < -0.39 is 6.04 Å². The predicted molar refractivity (Wildman–Crippen MR) is 123 cm³/mol. The standard InChI is InChI=1S/C24H40N4O5/c1-18(17-29)25-12-10-19-7-3-4-14-27(19)23(31)20-8-6-15-28(20)22(30)11-16-33-24(32)21-9-5-13-26(21)2/h17-21,25H,3-16H2,1-2H3. The zero-order chi connectivity index (χ0) is 23.8. The van der Waals surface area contributed by atoms with Gasteiger partial charge in [0.1, 0.15) is 25.0 Å². The number of rotatable bonds is 10. The van der Waals surface area contributed by atoms with E-state index in [2.05, 4.69) is 5.32 Å². The number of esters is 1. The van der Waals surface area contributed by atoms with Gasteiger partial charge in [0.15, 0.2) is 0 Å². The van der Waals surface area contributed by atoms with Gasteiger partial charge in [0.05, 0.1) is 12.5 Å². The van der Waals surface area contributed by atoms with Gasteiger partial charge in [-0.25, -0.2) is 0 Å². The molecule has 4 unspecified atom stereocenters. The summed E-state index contributed by atoms with van der Waals surface area (Å²) < 4.78 is 5.37. The zero-order valence-corrected chi connectivity index (χ0v) is 20.2. The lowest BCUT2D eigenvalue weighted by Crippen LogP contribution is -2.53. The fourth-order valence-electron chi connectivity index (χ4n) is 5.32. The van der Waals surface area contributed by atoms with Crippen LogP contribution < -0.4 is 5.32 Å². The Hall–Kier alpha value is -2.00. The van der Waals surface area contributed by atoms with Gasteiger partial charge >= 0.3 is 5.97 Å². The second-order valence-corrected chi connectivity index (χ2v) is 9.65. The van der Waals surface area contributed by atoms with E-state index in [-0.39, 0.29) is 48.9 Å². The number of hydrogen-bond acceptors (Lipinski definition) is 7. The fourth-order valence-corrected chi connectivity index (χ4v) is 5.32. The molecule has 0 aromatic heterocycles. The number of amides is 2. The van der Waals surface area contributed by atoms with Crippen molar-refractivity contribution in [2.45, 2.75) is 88.9 Å². The number of carbonyl (C=O) groups is 4. The molecule has 0 saturated carbocycles. The number of likely N-dealkylation sites (tertiary alicyclic amines) is 3. The molecule has 3 heterocycles. The van der Waals surface area contributed by atoms with Gasteiger partial charge in [0.25, 0.3) is 0 Å². The van der Waals surface area contributed by atoms with E-state index in [1.54, 1.807) is 4.90 Å². The Morgan fingerprint density at radius 3 is 2.45 bits per heavy atom. The average Bonchev–Trinajstić information content (AvgIpc) is 3.48.